The highest BCUT2D eigenvalue weighted by Crippen LogP contribution is 2.27. The Hall–Kier alpha value is -3.22. The third-order valence-corrected chi connectivity index (χ3v) is 5.19. The van der Waals surface area contributed by atoms with E-state index in [9.17, 15) is 4.79 Å². The number of fused-ring (bicyclic) bond motifs is 1. The topological polar surface area (TPSA) is 67.2 Å². The molecule has 0 spiro atoms. The molecule has 0 radical (unpaired) electrons. The highest BCUT2D eigenvalue weighted by molar-refractivity contribution is 7.80. The molecule has 0 aliphatic carbocycles. The van der Waals surface area contributed by atoms with Crippen molar-refractivity contribution in [3.8, 4) is 11.5 Å². The Bertz CT molecular complexity index is 1270. The molecule has 30 heavy (non-hydrogen) atoms. The van der Waals surface area contributed by atoms with Crippen molar-refractivity contribution >= 4 is 51.6 Å². The summed E-state index contributed by atoms with van der Waals surface area (Å²) < 4.78 is 5.89. The Balaban J connectivity index is 1.49. The fourth-order valence-corrected chi connectivity index (χ4v) is 3.28. The van der Waals surface area contributed by atoms with Gasteiger partial charge < -0.3 is 9.73 Å². The number of anilines is 1. The number of amides is 1. The first-order chi connectivity index (χ1) is 14.4. The Morgan fingerprint density at radius 2 is 1.77 bits per heavy atom. The van der Waals surface area contributed by atoms with E-state index >= 15 is 0 Å². The lowest BCUT2D eigenvalue weighted by Gasteiger charge is -2.09. The number of rotatable bonds is 3. The van der Waals surface area contributed by atoms with Gasteiger partial charge in [0.1, 0.15) is 5.52 Å². The van der Waals surface area contributed by atoms with Crippen LogP contribution in [0.5, 0.6) is 0 Å². The van der Waals surface area contributed by atoms with Gasteiger partial charge in [-0.2, -0.15) is 0 Å². The lowest BCUT2D eigenvalue weighted by Crippen LogP contribution is -2.34. The first-order valence-electron chi connectivity index (χ1n) is 9.25. The largest absolute Gasteiger partial charge is 0.436 e. The van der Waals surface area contributed by atoms with Crippen LogP contribution in [0, 0.1) is 13.8 Å². The van der Waals surface area contributed by atoms with Crippen LogP contribution in [-0.4, -0.2) is 16.0 Å². The van der Waals surface area contributed by atoms with Crippen LogP contribution in [-0.2, 0) is 0 Å². The second-order valence-electron chi connectivity index (χ2n) is 6.92. The van der Waals surface area contributed by atoms with Crippen LogP contribution >= 0.6 is 23.8 Å². The number of nitrogens with zero attached hydrogens (tertiary/aromatic N) is 1. The Kier molecular flexibility index (Phi) is 5.53. The number of thiocarbonyl (C=S) groups is 1. The van der Waals surface area contributed by atoms with Crippen LogP contribution in [0.1, 0.15) is 21.5 Å². The number of oxazole rings is 1. The van der Waals surface area contributed by atoms with Crippen molar-refractivity contribution in [1.82, 2.24) is 10.3 Å². The monoisotopic (exact) mass is 435 g/mol. The minimum Gasteiger partial charge on any atom is -0.436 e. The number of hydrogen-bond acceptors (Lipinski definition) is 4. The number of carbonyl (C=O) groups is 1. The molecule has 4 aromatic rings. The predicted molar refractivity (Wildman–Crippen MR) is 124 cm³/mol. The molecule has 1 heterocycles. The van der Waals surface area contributed by atoms with Gasteiger partial charge in [0, 0.05) is 21.8 Å². The number of aromatic nitrogens is 1. The summed E-state index contributed by atoms with van der Waals surface area (Å²) in [4.78, 5) is 16.9. The van der Waals surface area contributed by atoms with Gasteiger partial charge in [0.25, 0.3) is 5.91 Å². The molecule has 2 N–H and O–H groups in total. The zero-order valence-electron chi connectivity index (χ0n) is 16.3. The van der Waals surface area contributed by atoms with Crippen LogP contribution in [0.15, 0.2) is 65.1 Å². The number of nitrogens with one attached hydrogen (secondary N) is 2. The predicted octanol–water partition coefficient (Wildman–Crippen LogP) is 5.89. The zero-order chi connectivity index (χ0) is 21.3. The average molecular weight is 436 g/mol. The summed E-state index contributed by atoms with van der Waals surface area (Å²) in [5, 5.41) is 6.40. The molecule has 0 unspecified atom stereocenters. The van der Waals surface area contributed by atoms with E-state index in [0.717, 1.165) is 5.56 Å². The molecule has 150 valence electrons. The van der Waals surface area contributed by atoms with Gasteiger partial charge in [-0.15, -0.1) is 0 Å². The lowest BCUT2D eigenvalue weighted by atomic mass is 10.1. The number of halogens is 1. The SMILES string of the molecule is Cc1ccc(-c2nc3cc(NC(=S)NC(=O)c4ccc(Cl)cc4)ccc3o2)cc1C. The Morgan fingerprint density at radius 3 is 2.50 bits per heavy atom. The molecule has 1 aromatic heterocycles. The summed E-state index contributed by atoms with van der Waals surface area (Å²) in [6, 6.07) is 18.1. The number of benzene rings is 3. The first-order valence-corrected chi connectivity index (χ1v) is 10.0. The minimum atomic E-state index is -0.316. The van der Waals surface area contributed by atoms with E-state index in [-0.39, 0.29) is 11.0 Å². The second-order valence-corrected chi connectivity index (χ2v) is 7.76. The molecule has 0 aliphatic rings. The lowest BCUT2D eigenvalue weighted by molar-refractivity contribution is 0.0977. The highest BCUT2D eigenvalue weighted by atomic mass is 35.5. The third kappa shape index (κ3) is 4.35. The third-order valence-electron chi connectivity index (χ3n) is 4.73. The molecule has 7 heteroatoms. The molecule has 0 aliphatic heterocycles. The van der Waals surface area contributed by atoms with Gasteiger partial charge in [-0.05, 0) is 91.8 Å². The van der Waals surface area contributed by atoms with E-state index < -0.39 is 0 Å². The summed E-state index contributed by atoms with van der Waals surface area (Å²) in [5.41, 5.74) is 5.85. The smallest absolute Gasteiger partial charge is 0.257 e. The Labute approximate surface area is 184 Å². The molecule has 0 saturated carbocycles. The molecule has 3 aromatic carbocycles. The maximum atomic E-state index is 12.3. The maximum absolute atomic E-state index is 12.3. The van der Waals surface area contributed by atoms with E-state index in [0.29, 0.717) is 33.3 Å². The fourth-order valence-electron chi connectivity index (χ4n) is 2.94. The average Bonchev–Trinajstić information content (AvgIpc) is 3.13. The van der Waals surface area contributed by atoms with Gasteiger partial charge in [-0.3, -0.25) is 10.1 Å². The zero-order valence-corrected chi connectivity index (χ0v) is 17.9. The van der Waals surface area contributed by atoms with Crippen molar-refractivity contribution < 1.29 is 9.21 Å². The molecule has 0 fully saturated rings. The number of carbonyl (C=O) groups excluding carboxylic acids is 1. The molecule has 5 nitrogen and oxygen atoms in total. The molecule has 0 saturated heterocycles. The second kappa shape index (κ2) is 8.26. The molecule has 0 atom stereocenters. The van der Waals surface area contributed by atoms with Gasteiger partial charge in [0.15, 0.2) is 10.7 Å². The summed E-state index contributed by atoms with van der Waals surface area (Å²) >= 11 is 11.1. The van der Waals surface area contributed by atoms with Gasteiger partial charge >= 0.3 is 0 Å². The van der Waals surface area contributed by atoms with Crippen molar-refractivity contribution in [2.75, 3.05) is 5.32 Å². The standard InChI is InChI=1S/C23H18ClN3O2S/c1-13-3-4-16(11-14(13)2)22-26-19-12-18(9-10-20(19)29-22)25-23(30)27-21(28)15-5-7-17(24)8-6-15/h3-12H,1-2H3,(H2,25,27,28,30). The van der Waals surface area contributed by atoms with Crippen molar-refractivity contribution in [2.24, 2.45) is 0 Å². The van der Waals surface area contributed by atoms with Gasteiger partial charge in [-0.1, -0.05) is 17.7 Å². The minimum absolute atomic E-state index is 0.187. The fraction of sp³-hybridized carbons (Fsp3) is 0.0870. The summed E-state index contributed by atoms with van der Waals surface area (Å²) in [6.07, 6.45) is 0. The Morgan fingerprint density at radius 1 is 1.00 bits per heavy atom. The van der Waals surface area contributed by atoms with E-state index in [1.165, 1.54) is 11.1 Å². The summed E-state index contributed by atoms with van der Waals surface area (Å²) in [6.45, 7) is 4.13. The quantitative estimate of drug-likeness (QED) is 0.392. The van der Waals surface area contributed by atoms with E-state index in [2.05, 4.69) is 35.5 Å². The van der Waals surface area contributed by atoms with Gasteiger partial charge in [-0.25, -0.2) is 4.98 Å². The maximum Gasteiger partial charge on any atom is 0.257 e. The van der Waals surface area contributed by atoms with E-state index in [1.54, 1.807) is 24.3 Å². The van der Waals surface area contributed by atoms with Crippen LogP contribution in [0.4, 0.5) is 5.69 Å². The van der Waals surface area contributed by atoms with Crippen LogP contribution < -0.4 is 10.6 Å². The van der Waals surface area contributed by atoms with Crippen molar-refractivity contribution in [2.45, 2.75) is 13.8 Å². The highest BCUT2D eigenvalue weighted by Gasteiger charge is 2.11. The van der Waals surface area contributed by atoms with Crippen LogP contribution in [0.3, 0.4) is 0 Å². The van der Waals surface area contributed by atoms with Crippen molar-refractivity contribution in [3.63, 3.8) is 0 Å². The molecule has 1 amide bonds. The van der Waals surface area contributed by atoms with Crippen molar-refractivity contribution in [1.29, 1.82) is 0 Å². The molecule has 4 rings (SSSR count). The van der Waals surface area contributed by atoms with Crippen LogP contribution in [0.2, 0.25) is 5.02 Å². The van der Waals surface area contributed by atoms with Crippen molar-refractivity contribution in [3.05, 3.63) is 82.4 Å². The molecular weight excluding hydrogens is 418 g/mol. The normalized spacial score (nSPS) is 10.8. The van der Waals surface area contributed by atoms with E-state index in [4.69, 9.17) is 28.2 Å². The van der Waals surface area contributed by atoms with Crippen LogP contribution in [0.25, 0.3) is 22.6 Å². The first kappa shape index (κ1) is 20.1. The van der Waals surface area contributed by atoms with E-state index in [1.807, 2.05) is 30.3 Å². The van der Waals surface area contributed by atoms with Gasteiger partial charge in [0.2, 0.25) is 5.89 Å². The van der Waals surface area contributed by atoms with Gasteiger partial charge in [0.05, 0.1) is 0 Å². The number of aryl methyl sites for hydroxylation is 2. The molecular formula is C23H18ClN3O2S. The summed E-state index contributed by atoms with van der Waals surface area (Å²) in [7, 11) is 0. The summed E-state index contributed by atoms with van der Waals surface area (Å²) in [5.74, 6) is 0.243. The number of hydrogen-bond donors (Lipinski definition) is 2. The molecule has 0 bridgehead atoms.